The van der Waals surface area contributed by atoms with E-state index in [0.717, 1.165) is 45.1 Å². The first-order chi connectivity index (χ1) is 7.86. The van der Waals surface area contributed by atoms with Crippen LogP contribution in [0.15, 0.2) is 18.3 Å². The van der Waals surface area contributed by atoms with Gasteiger partial charge < -0.3 is 15.8 Å². The summed E-state index contributed by atoms with van der Waals surface area (Å²) < 4.78 is 5.29. The van der Waals surface area contributed by atoms with Crippen LogP contribution in [0.25, 0.3) is 0 Å². The van der Waals surface area contributed by atoms with Gasteiger partial charge in [-0.15, -0.1) is 0 Å². The standard InChI is InChI=1S/C11H18N4O/c12-11-10(2-1-3-14-11)13-4-5-15-6-8-16-9-7-15/h1-3,13H,4-9H2,(H2,12,14). The van der Waals surface area contributed by atoms with E-state index in [2.05, 4.69) is 15.2 Å². The number of nitrogens with two attached hydrogens (primary N) is 1. The molecule has 1 fully saturated rings. The van der Waals surface area contributed by atoms with Gasteiger partial charge in [0, 0.05) is 32.4 Å². The molecule has 0 bridgehead atoms. The van der Waals surface area contributed by atoms with Crippen LogP contribution < -0.4 is 11.1 Å². The second kappa shape index (κ2) is 5.67. The van der Waals surface area contributed by atoms with E-state index in [1.54, 1.807) is 6.20 Å². The monoisotopic (exact) mass is 222 g/mol. The third-order valence-corrected chi connectivity index (χ3v) is 2.69. The lowest BCUT2D eigenvalue weighted by atomic mass is 10.3. The Kier molecular flexibility index (Phi) is 3.96. The first-order valence-electron chi connectivity index (χ1n) is 5.61. The molecule has 0 aliphatic carbocycles. The molecule has 1 aliphatic heterocycles. The van der Waals surface area contributed by atoms with Gasteiger partial charge in [0.1, 0.15) is 5.82 Å². The van der Waals surface area contributed by atoms with Crippen molar-refractivity contribution in [2.24, 2.45) is 0 Å². The molecule has 5 heteroatoms. The van der Waals surface area contributed by atoms with Crippen molar-refractivity contribution in [3.05, 3.63) is 18.3 Å². The number of nitrogens with one attached hydrogen (secondary N) is 1. The highest BCUT2D eigenvalue weighted by Crippen LogP contribution is 2.12. The molecule has 16 heavy (non-hydrogen) atoms. The zero-order valence-corrected chi connectivity index (χ0v) is 9.35. The molecule has 0 saturated carbocycles. The minimum atomic E-state index is 0.560. The first kappa shape index (κ1) is 11.2. The maximum absolute atomic E-state index is 5.73. The van der Waals surface area contributed by atoms with Crippen LogP contribution >= 0.6 is 0 Å². The van der Waals surface area contributed by atoms with Gasteiger partial charge in [-0.25, -0.2) is 4.98 Å². The Bertz CT molecular complexity index is 326. The summed E-state index contributed by atoms with van der Waals surface area (Å²) in [6.45, 7) is 5.62. The Hall–Kier alpha value is -1.33. The van der Waals surface area contributed by atoms with E-state index in [-0.39, 0.29) is 0 Å². The maximum Gasteiger partial charge on any atom is 0.146 e. The Morgan fingerprint density at radius 1 is 1.44 bits per heavy atom. The summed E-state index contributed by atoms with van der Waals surface area (Å²) in [5, 5.41) is 3.29. The Labute approximate surface area is 95.6 Å². The van der Waals surface area contributed by atoms with Crippen molar-refractivity contribution in [1.82, 2.24) is 9.88 Å². The Balaban J connectivity index is 1.73. The van der Waals surface area contributed by atoms with Gasteiger partial charge in [-0.3, -0.25) is 4.90 Å². The number of hydrogen-bond donors (Lipinski definition) is 2. The fourth-order valence-corrected chi connectivity index (χ4v) is 1.74. The molecule has 1 aliphatic rings. The van der Waals surface area contributed by atoms with Gasteiger partial charge in [0.05, 0.1) is 18.9 Å². The molecule has 88 valence electrons. The lowest BCUT2D eigenvalue weighted by molar-refractivity contribution is 0.0398. The number of ether oxygens (including phenoxy) is 1. The minimum absolute atomic E-state index is 0.560. The number of nitrogen functional groups attached to an aromatic ring is 1. The number of anilines is 2. The SMILES string of the molecule is Nc1ncccc1NCCN1CCOCC1. The quantitative estimate of drug-likeness (QED) is 0.772. The molecular weight excluding hydrogens is 204 g/mol. The van der Waals surface area contributed by atoms with Crippen LogP contribution in [0.4, 0.5) is 11.5 Å². The van der Waals surface area contributed by atoms with E-state index in [9.17, 15) is 0 Å². The lowest BCUT2D eigenvalue weighted by Crippen LogP contribution is -2.39. The molecule has 0 spiro atoms. The zero-order chi connectivity index (χ0) is 11.2. The van der Waals surface area contributed by atoms with Crippen LogP contribution in [0.2, 0.25) is 0 Å². The van der Waals surface area contributed by atoms with Gasteiger partial charge in [-0.05, 0) is 12.1 Å². The van der Waals surface area contributed by atoms with Crippen molar-refractivity contribution in [3.63, 3.8) is 0 Å². The van der Waals surface area contributed by atoms with E-state index < -0.39 is 0 Å². The molecule has 0 atom stereocenters. The van der Waals surface area contributed by atoms with Gasteiger partial charge in [-0.2, -0.15) is 0 Å². The van der Waals surface area contributed by atoms with Crippen LogP contribution in [-0.4, -0.2) is 49.3 Å². The van der Waals surface area contributed by atoms with Crippen molar-refractivity contribution in [2.75, 3.05) is 50.4 Å². The predicted octanol–water partition coefficient (Wildman–Crippen LogP) is 0.408. The Morgan fingerprint density at radius 3 is 3.00 bits per heavy atom. The summed E-state index contributed by atoms with van der Waals surface area (Å²) in [6.07, 6.45) is 1.70. The van der Waals surface area contributed by atoms with Gasteiger partial charge in [0.15, 0.2) is 0 Å². The number of rotatable bonds is 4. The number of morpholine rings is 1. The smallest absolute Gasteiger partial charge is 0.146 e. The van der Waals surface area contributed by atoms with E-state index in [1.165, 1.54) is 0 Å². The second-order valence-corrected chi connectivity index (χ2v) is 3.82. The highest BCUT2D eigenvalue weighted by Gasteiger charge is 2.09. The van der Waals surface area contributed by atoms with E-state index >= 15 is 0 Å². The summed E-state index contributed by atoms with van der Waals surface area (Å²) in [6, 6.07) is 3.83. The molecule has 1 saturated heterocycles. The van der Waals surface area contributed by atoms with Gasteiger partial charge >= 0.3 is 0 Å². The highest BCUT2D eigenvalue weighted by atomic mass is 16.5. The van der Waals surface area contributed by atoms with Crippen LogP contribution in [0.5, 0.6) is 0 Å². The summed E-state index contributed by atoms with van der Waals surface area (Å²) in [5.74, 6) is 0.560. The van der Waals surface area contributed by atoms with E-state index in [4.69, 9.17) is 10.5 Å². The number of nitrogens with zero attached hydrogens (tertiary/aromatic N) is 2. The topological polar surface area (TPSA) is 63.4 Å². The van der Waals surface area contributed by atoms with Crippen LogP contribution in [0.1, 0.15) is 0 Å². The molecule has 0 aromatic carbocycles. The average Bonchev–Trinajstić information content (AvgIpc) is 2.33. The first-order valence-corrected chi connectivity index (χ1v) is 5.61. The van der Waals surface area contributed by atoms with Crippen molar-refractivity contribution in [1.29, 1.82) is 0 Å². The fraction of sp³-hybridized carbons (Fsp3) is 0.545. The van der Waals surface area contributed by atoms with Crippen molar-refractivity contribution < 1.29 is 4.74 Å². The molecule has 3 N–H and O–H groups in total. The molecule has 1 aromatic heterocycles. The number of pyridine rings is 1. The van der Waals surface area contributed by atoms with Crippen molar-refractivity contribution in [2.45, 2.75) is 0 Å². The summed E-state index contributed by atoms with van der Waals surface area (Å²) in [4.78, 5) is 6.40. The zero-order valence-electron chi connectivity index (χ0n) is 9.35. The van der Waals surface area contributed by atoms with Crippen molar-refractivity contribution in [3.8, 4) is 0 Å². The van der Waals surface area contributed by atoms with Crippen molar-refractivity contribution >= 4 is 11.5 Å². The highest BCUT2D eigenvalue weighted by molar-refractivity contribution is 5.60. The van der Waals surface area contributed by atoms with Crippen LogP contribution in [-0.2, 0) is 4.74 Å². The minimum Gasteiger partial charge on any atom is -0.382 e. The van der Waals surface area contributed by atoms with E-state index in [1.807, 2.05) is 12.1 Å². The van der Waals surface area contributed by atoms with Crippen LogP contribution in [0, 0.1) is 0 Å². The molecule has 1 aromatic rings. The summed E-state index contributed by atoms with van der Waals surface area (Å²) >= 11 is 0. The Morgan fingerprint density at radius 2 is 2.25 bits per heavy atom. The molecule has 5 nitrogen and oxygen atoms in total. The lowest BCUT2D eigenvalue weighted by Gasteiger charge is -2.26. The molecule has 0 unspecified atom stereocenters. The third-order valence-electron chi connectivity index (χ3n) is 2.69. The maximum atomic E-state index is 5.73. The van der Waals surface area contributed by atoms with E-state index in [0.29, 0.717) is 5.82 Å². The molecule has 2 rings (SSSR count). The molecule has 0 radical (unpaired) electrons. The second-order valence-electron chi connectivity index (χ2n) is 3.82. The third kappa shape index (κ3) is 3.08. The summed E-state index contributed by atoms with van der Waals surface area (Å²) in [5.41, 5.74) is 6.65. The predicted molar refractivity (Wildman–Crippen MR) is 64.4 cm³/mol. The average molecular weight is 222 g/mol. The number of hydrogen-bond acceptors (Lipinski definition) is 5. The summed E-state index contributed by atoms with van der Waals surface area (Å²) in [7, 11) is 0. The molecule has 0 amide bonds. The molecule has 2 heterocycles. The van der Waals surface area contributed by atoms with Crippen LogP contribution in [0.3, 0.4) is 0 Å². The van der Waals surface area contributed by atoms with Gasteiger partial charge in [0.2, 0.25) is 0 Å². The largest absolute Gasteiger partial charge is 0.382 e. The molecular formula is C11H18N4O. The number of aromatic nitrogens is 1. The van der Waals surface area contributed by atoms with Gasteiger partial charge in [0.25, 0.3) is 0 Å². The fourth-order valence-electron chi connectivity index (χ4n) is 1.74. The van der Waals surface area contributed by atoms with Gasteiger partial charge in [-0.1, -0.05) is 0 Å². The normalized spacial score (nSPS) is 17.2.